The van der Waals surface area contributed by atoms with E-state index in [4.69, 9.17) is 4.43 Å². The third kappa shape index (κ3) is 5.69. The van der Waals surface area contributed by atoms with E-state index >= 15 is 0 Å². The summed E-state index contributed by atoms with van der Waals surface area (Å²) in [5, 5.41) is 0.263. The molecule has 0 radical (unpaired) electrons. The van der Waals surface area contributed by atoms with Crippen LogP contribution < -0.4 is 0 Å². The zero-order valence-electron chi connectivity index (χ0n) is 12.6. The monoisotopic (exact) mass is 254 g/mol. The van der Waals surface area contributed by atoms with Crippen LogP contribution in [0.1, 0.15) is 47.0 Å². The lowest BCUT2D eigenvalue weighted by Crippen LogP contribution is -2.44. The molecule has 0 aromatic heterocycles. The van der Waals surface area contributed by atoms with Crippen LogP contribution in [0.4, 0.5) is 0 Å². The van der Waals surface area contributed by atoms with E-state index < -0.39 is 8.32 Å². The molecule has 0 aliphatic heterocycles. The lowest BCUT2D eigenvalue weighted by atomic mass is 10.1. The van der Waals surface area contributed by atoms with Crippen LogP contribution in [0, 0.1) is 0 Å². The molecule has 0 aromatic rings. The number of allylic oxidation sites excluding steroid dienone is 1. The van der Waals surface area contributed by atoms with Gasteiger partial charge in [0.1, 0.15) is 0 Å². The van der Waals surface area contributed by atoms with Crippen LogP contribution in [0.15, 0.2) is 24.8 Å². The third-order valence-corrected chi connectivity index (χ3v) is 8.15. The van der Waals surface area contributed by atoms with Gasteiger partial charge < -0.3 is 4.43 Å². The highest BCUT2D eigenvalue weighted by molar-refractivity contribution is 6.74. The molecule has 1 atom stereocenters. The van der Waals surface area contributed by atoms with E-state index in [2.05, 4.69) is 53.9 Å². The molecule has 0 fully saturated rings. The lowest BCUT2D eigenvalue weighted by molar-refractivity contribution is 0.202. The SMILES string of the molecule is C=CCCC[C@H](O[Si](C)(C)C(C)(C)C)C(=C)C. The van der Waals surface area contributed by atoms with Crippen molar-refractivity contribution in [1.82, 2.24) is 0 Å². The number of hydrogen-bond acceptors (Lipinski definition) is 1. The van der Waals surface area contributed by atoms with Crippen LogP contribution in [0.5, 0.6) is 0 Å². The summed E-state index contributed by atoms with van der Waals surface area (Å²) in [5.74, 6) is 0. The van der Waals surface area contributed by atoms with Gasteiger partial charge in [-0.2, -0.15) is 0 Å². The molecule has 100 valence electrons. The van der Waals surface area contributed by atoms with Gasteiger partial charge >= 0.3 is 0 Å². The van der Waals surface area contributed by atoms with Crippen molar-refractivity contribution in [2.75, 3.05) is 0 Å². The molecular weight excluding hydrogens is 224 g/mol. The van der Waals surface area contributed by atoms with Gasteiger partial charge in [0.2, 0.25) is 0 Å². The maximum Gasteiger partial charge on any atom is 0.192 e. The van der Waals surface area contributed by atoms with Crippen molar-refractivity contribution in [3.05, 3.63) is 24.8 Å². The second-order valence-corrected chi connectivity index (χ2v) is 11.2. The topological polar surface area (TPSA) is 9.23 Å². The summed E-state index contributed by atoms with van der Waals surface area (Å²) < 4.78 is 6.42. The van der Waals surface area contributed by atoms with Crippen molar-refractivity contribution >= 4 is 8.32 Å². The first-order valence-electron chi connectivity index (χ1n) is 6.56. The average molecular weight is 254 g/mol. The molecular formula is C15H30OSi. The Morgan fingerprint density at radius 2 is 1.88 bits per heavy atom. The highest BCUT2D eigenvalue weighted by atomic mass is 28.4. The second-order valence-electron chi connectivity index (χ2n) is 6.43. The minimum atomic E-state index is -1.68. The fourth-order valence-corrected chi connectivity index (χ4v) is 2.77. The van der Waals surface area contributed by atoms with Gasteiger partial charge in [-0.05, 0) is 44.3 Å². The van der Waals surface area contributed by atoms with Gasteiger partial charge in [0.25, 0.3) is 0 Å². The average Bonchev–Trinajstić information content (AvgIpc) is 2.14. The van der Waals surface area contributed by atoms with Crippen molar-refractivity contribution in [3.8, 4) is 0 Å². The quantitative estimate of drug-likeness (QED) is 0.340. The zero-order chi connectivity index (χ0) is 13.7. The maximum atomic E-state index is 6.42. The minimum Gasteiger partial charge on any atom is -0.410 e. The molecule has 0 N–H and O–H groups in total. The van der Waals surface area contributed by atoms with E-state index in [1.165, 1.54) is 0 Å². The molecule has 0 heterocycles. The molecule has 0 bridgehead atoms. The Balaban J connectivity index is 4.54. The molecule has 2 heteroatoms. The summed E-state index contributed by atoms with van der Waals surface area (Å²) in [7, 11) is -1.68. The molecule has 17 heavy (non-hydrogen) atoms. The van der Waals surface area contributed by atoms with Crippen LogP contribution in [0.2, 0.25) is 18.1 Å². The number of hydrogen-bond donors (Lipinski definition) is 0. The smallest absolute Gasteiger partial charge is 0.192 e. The van der Waals surface area contributed by atoms with Crippen molar-refractivity contribution in [1.29, 1.82) is 0 Å². The third-order valence-electron chi connectivity index (χ3n) is 3.67. The minimum absolute atomic E-state index is 0.218. The molecule has 0 unspecified atom stereocenters. The van der Waals surface area contributed by atoms with Crippen LogP contribution in [0.3, 0.4) is 0 Å². The Bertz CT molecular complexity index is 261. The summed E-state index contributed by atoms with van der Waals surface area (Å²) in [6.45, 7) is 21.3. The van der Waals surface area contributed by atoms with Crippen molar-refractivity contribution in [2.24, 2.45) is 0 Å². The molecule has 0 aliphatic rings. The lowest BCUT2D eigenvalue weighted by Gasteiger charge is -2.39. The van der Waals surface area contributed by atoms with Gasteiger partial charge in [-0.1, -0.05) is 39.0 Å². The van der Waals surface area contributed by atoms with Gasteiger partial charge in [-0.15, -0.1) is 6.58 Å². The van der Waals surface area contributed by atoms with Gasteiger partial charge in [0.05, 0.1) is 6.10 Å². The Kier molecular flexibility index (Phi) is 6.42. The van der Waals surface area contributed by atoms with E-state index in [1.807, 2.05) is 6.08 Å². The molecule has 0 rings (SSSR count). The number of rotatable bonds is 7. The molecule has 0 spiro atoms. The van der Waals surface area contributed by atoms with Crippen LogP contribution in [0.25, 0.3) is 0 Å². The van der Waals surface area contributed by atoms with Gasteiger partial charge in [-0.25, -0.2) is 0 Å². The highest BCUT2D eigenvalue weighted by Gasteiger charge is 2.39. The Hall–Kier alpha value is -0.343. The molecule has 0 saturated carbocycles. The van der Waals surface area contributed by atoms with Gasteiger partial charge in [-0.3, -0.25) is 0 Å². The van der Waals surface area contributed by atoms with E-state index in [0.29, 0.717) is 0 Å². The van der Waals surface area contributed by atoms with Crippen molar-refractivity contribution in [3.63, 3.8) is 0 Å². The highest BCUT2D eigenvalue weighted by Crippen LogP contribution is 2.38. The van der Waals surface area contributed by atoms with E-state index in [9.17, 15) is 0 Å². The first-order valence-corrected chi connectivity index (χ1v) is 9.47. The second kappa shape index (κ2) is 6.55. The molecule has 0 saturated heterocycles. The summed E-state index contributed by atoms with van der Waals surface area (Å²) in [6, 6.07) is 0. The number of unbranched alkanes of at least 4 members (excludes halogenated alkanes) is 1. The van der Waals surface area contributed by atoms with Crippen LogP contribution in [-0.4, -0.2) is 14.4 Å². The Labute approximate surface area is 109 Å². The summed E-state index contributed by atoms with van der Waals surface area (Å²) >= 11 is 0. The Morgan fingerprint density at radius 1 is 1.35 bits per heavy atom. The summed E-state index contributed by atoms with van der Waals surface area (Å²) in [4.78, 5) is 0. The fraction of sp³-hybridized carbons (Fsp3) is 0.733. The van der Waals surface area contributed by atoms with E-state index in [0.717, 1.165) is 24.8 Å². The molecule has 0 amide bonds. The van der Waals surface area contributed by atoms with Crippen LogP contribution >= 0.6 is 0 Å². The van der Waals surface area contributed by atoms with Crippen molar-refractivity contribution < 1.29 is 4.43 Å². The van der Waals surface area contributed by atoms with Crippen LogP contribution in [-0.2, 0) is 4.43 Å². The molecule has 0 aromatic carbocycles. The Morgan fingerprint density at radius 3 is 2.24 bits per heavy atom. The molecule has 1 nitrogen and oxygen atoms in total. The normalized spacial score (nSPS) is 14.5. The predicted octanol–water partition coefficient (Wildman–Crippen LogP) is 5.31. The van der Waals surface area contributed by atoms with Gasteiger partial charge in [0, 0.05) is 0 Å². The summed E-state index contributed by atoms with van der Waals surface area (Å²) in [5.41, 5.74) is 1.15. The fourth-order valence-electron chi connectivity index (χ4n) is 1.39. The predicted molar refractivity (Wildman–Crippen MR) is 80.9 cm³/mol. The summed E-state index contributed by atoms with van der Waals surface area (Å²) in [6.07, 6.45) is 5.45. The zero-order valence-corrected chi connectivity index (χ0v) is 13.6. The van der Waals surface area contributed by atoms with Crippen molar-refractivity contribution in [2.45, 2.75) is 71.2 Å². The first kappa shape index (κ1) is 16.7. The van der Waals surface area contributed by atoms with Gasteiger partial charge in [0.15, 0.2) is 8.32 Å². The standard InChI is InChI=1S/C15H30OSi/c1-9-10-11-12-14(13(2)3)16-17(7,8)15(4,5)6/h9,14H,1-2,10-12H2,3-8H3/t14-/m0/s1. The van der Waals surface area contributed by atoms with E-state index in [-0.39, 0.29) is 11.1 Å². The van der Waals surface area contributed by atoms with E-state index in [1.54, 1.807) is 0 Å². The first-order chi connectivity index (χ1) is 7.62. The largest absolute Gasteiger partial charge is 0.410 e. The maximum absolute atomic E-state index is 6.42. The molecule has 0 aliphatic carbocycles.